The van der Waals surface area contributed by atoms with Gasteiger partial charge in [-0.25, -0.2) is 0 Å². The minimum Gasteiger partial charge on any atom is -0.326 e. The molecule has 5 nitrogen and oxygen atoms in total. The molecule has 0 aromatic heterocycles. The summed E-state index contributed by atoms with van der Waals surface area (Å²) in [5.74, 6) is 0. The first kappa shape index (κ1) is 14.9. The molecule has 0 radical (unpaired) electrons. The van der Waals surface area contributed by atoms with Gasteiger partial charge in [0.15, 0.2) is 0 Å². The first-order chi connectivity index (χ1) is 9.63. The van der Waals surface area contributed by atoms with E-state index >= 15 is 0 Å². The average Bonchev–Trinajstić information content (AvgIpc) is 2.61. The third-order valence-electron chi connectivity index (χ3n) is 3.99. The molecule has 1 saturated heterocycles. The maximum Gasteiger partial charge on any atom is 0.269 e. The number of hydrogen-bond acceptors (Lipinski definition) is 4. The second-order valence-electron chi connectivity index (χ2n) is 5.49. The van der Waals surface area contributed by atoms with Gasteiger partial charge in [-0.2, -0.15) is 0 Å². The maximum atomic E-state index is 10.7. The first-order valence-electron chi connectivity index (χ1n) is 7.37. The second-order valence-corrected chi connectivity index (χ2v) is 5.49. The first-order valence-corrected chi connectivity index (χ1v) is 7.37. The van der Waals surface area contributed by atoms with Crippen LogP contribution in [0, 0.1) is 10.1 Å². The summed E-state index contributed by atoms with van der Waals surface area (Å²) in [6, 6.07) is 7.16. The van der Waals surface area contributed by atoms with Crippen LogP contribution in [0.4, 0.5) is 5.69 Å². The molecule has 0 bridgehead atoms. The van der Waals surface area contributed by atoms with Crippen LogP contribution in [0.15, 0.2) is 24.3 Å². The third kappa shape index (κ3) is 3.35. The molecule has 0 spiro atoms. The van der Waals surface area contributed by atoms with Gasteiger partial charge in [0.2, 0.25) is 0 Å². The Kier molecular flexibility index (Phi) is 5.09. The zero-order chi connectivity index (χ0) is 14.5. The average molecular weight is 277 g/mol. The summed E-state index contributed by atoms with van der Waals surface area (Å²) < 4.78 is 0. The van der Waals surface area contributed by atoms with Crippen molar-refractivity contribution in [3.8, 4) is 0 Å². The summed E-state index contributed by atoms with van der Waals surface area (Å²) in [6.07, 6.45) is 4.44. The number of likely N-dealkylation sites (tertiary alicyclic amines) is 1. The lowest BCUT2D eigenvalue weighted by Crippen LogP contribution is -2.40. The fourth-order valence-electron chi connectivity index (χ4n) is 3.05. The zero-order valence-electron chi connectivity index (χ0n) is 12.0. The minimum atomic E-state index is -0.361. The molecule has 1 aliphatic heterocycles. The molecule has 2 unspecified atom stereocenters. The van der Waals surface area contributed by atoms with Crippen molar-refractivity contribution in [1.29, 1.82) is 0 Å². The normalized spacial score (nSPS) is 24.3. The van der Waals surface area contributed by atoms with E-state index in [-0.39, 0.29) is 22.7 Å². The van der Waals surface area contributed by atoms with Crippen molar-refractivity contribution in [3.63, 3.8) is 0 Å². The molecule has 5 heteroatoms. The molecule has 20 heavy (non-hydrogen) atoms. The van der Waals surface area contributed by atoms with Crippen LogP contribution < -0.4 is 5.73 Å². The molecule has 0 amide bonds. The molecule has 1 aliphatic rings. The van der Waals surface area contributed by atoms with Crippen LogP contribution in [0.25, 0.3) is 0 Å². The highest BCUT2D eigenvalue weighted by Crippen LogP contribution is 2.30. The number of nitrogens with zero attached hydrogens (tertiary/aromatic N) is 2. The van der Waals surface area contributed by atoms with Gasteiger partial charge in [0.1, 0.15) is 0 Å². The Morgan fingerprint density at radius 3 is 2.65 bits per heavy atom. The molecule has 2 atom stereocenters. The molecule has 110 valence electrons. The van der Waals surface area contributed by atoms with Crippen molar-refractivity contribution < 1.29 is 4.92 Å². The van der Waals surface area contributed by atoms with Gasteiger partial charge in [-0.15, -0.1) is 0 Å². The lowest BCUT2D eigenvalue weighted by molar-refractivity contribution is -0.384. The Hall–Kier alpha value is -1.46. The highest BCUT2D eigenvalue weighted by atomic mass is 16.6. The monoisotopic (exact) mass is 277 g/mol. The topological polar surface area (TPSA) is 72.4 Å². The van der Waals surface area contributed by atoms with Gasteiger partial charge in [-0.05, 0) is 37.9 Å². The molecule has 1 aromatic carbocycles. The SMILES string of the molecule is CCCN1CCCCC(N)C1c1ccc([N+](=O)[O-])cc1. The fourth-order valence-corrected chi connectivity index (χ4v) is 3.05. The van der Waals surface area contributed by atoms with E-state index < -0.39 is 0 Å². The minimum absolute atomic E-state index is 0.102. The van der Waals surface area contributed by atoms with Crippen LogP contribution in [0.5, 0.6) is 0 Å². The molecule has 2 N–H and O–H groups in total. The third-order valence-corrected chi connectivity index (χ3v) is 3.99. The van der Waals surface area contributed by atoms with E-state index in [0.29, 0.717) is 0 Å². The Bertz CT molecular complexity index is 447. The van der Waals surface area contributed by atoms with Gasteiger partial charge in [0.25, 0.3) is 5.69 Å². The molecular weight excluding hydrogens is 254 g/mol. The molecule has 1 aromatic rings. The highest BCUT2D eigenvalue weighted by molar-refractivity contribution is 5.34. The van der Waals surface area contributed by atoms with E-state index in [1.807, 2.05) is 12.1 Å². The van der Waals surface area contributed by atoms with E-state index in [4.69, 9.17) is 5.73 Å². The van der Waals surface area contributed by atoms with Gasteiger partial charge in [0.05, 0.1) is 4.92 Å². The number of rotatable bonds is 4. The van der Waals surface area contributed by atoms with Crippen LogP contribution in [0.1, 0.15) is 44.2 Å². The van der Waals surface area contributed by atoms with E-state index in [1.165, 1.54) is 6.42 Å². The van der Waals surface area contributed by atoms with E-state index in [0.717, 1.165) is 37.9 Å². The Balaban J connectivity index is 2.26. The van der Waals surface area contributed by atoms with Crippen molar-refractivity contribution in [2.75, 3.05) is 13.1 Å². The van der Waals surface area contributed by atoms with Crippen molar-refractivity contribution in [2.45, 2.75) is 44.7 Å². The standard InChI is InChI=1S/C15H23N3O2/c1-2-10-17-11-4-3-5-14(16)15(17)12-6-8-13(9-7-12)18(19)20/h6-9,14-15H,2-5,10-11,16H2,1H3. The van der Waals surface area contributed by atoms with Gasteiger partial charge in [-0.1, -0.05) is 25.5 Å². The molecule has 2 rings (SSSR count). The Morgan fingerprint density at radius 1 is 1.35 bits per heavy atom. The summed E-state index contributed by atoms with van der Waals surface area (Å²) in [4.78, 5) is 12.8. The summed E-state index contributed by atoms with van der Waals surface area (Å²) in [5.41, 5.74) is 7.59. The van der Waals surface area contributed by atoms with Crippen LogP contribution in [0.3, 0.4) is 0 Å². The predicted octanol–water partition coefficient (Wildman–Crippen LogP) is 2.86. The fraction of sp³-hybridized carbons (Fsp3) is 0.600. The van der Waals surface area contributed by atoms with Gasteiger partial charge < -0.3 is 5.73 Å². The van der Waals surface area contributed by atoms with Crippen LogP contribution in [-0.2, 0) is 0 Å². The summed E-state index contributed by atoms with van der Waals surface area (Å²) in [5, 5.41) is 10.7. The number of nitro benzene ring substituents is 1. The van der Waals surface area contributed by atoms with Crippen molar-refractivity contribution >= 4 is 5.69 Å². The smallest absolute Gasteiger partial charge is 0.269 e. The summed E-state index contributed by atoms with van der Waals surface area (Å²) in [6.45, 7) is 4.25. The van der Waals surface area contributed by atoms with E-state index in [1.54, 1.807) is 12.1 Å². The summed E-state index contributed by atoms with van der Waals surface area (Å²) >= 11 is 0. The zero-order valence-corrected chi connectivity index (χ0v) is 12.0. The van der Waals surface area contributed by atoms with Gasteiger partial charge in [-0.3, -0.25) is 15.0 Å². The largest absolute Gasteiger partial charge is 0.326 e. The molecular formula is C15H23N3O2. The van der Waals surface area contributed by atoms with Crippen molar-refractivity contribution in [2.24, 2.45) is 5.73 Å². The summed E-state index contributed by atoms with van der Waals surface area (Å²) in [7, 11) is 0. The van der Waals surface area contributed by atoms with Gasteiger partial charge in [0, 0.05) is 24.2 Å². The molecule has 1 heterocycles. The molecule has 1 fully saturated rings. The molecule has 0 aliphatic carbocycles. The van der Waals surface area contributed by atoms with Crippen LogP contribution in [-0.4, -0.2) is 29.0 Å². The van der Waals surface area contributed by atoms with Crippen molar-refractivity contribution in [3.05, 3.63) is 39.9 Å². The quantitative estimate of drug-likeness (QED) is 0.678. The van der Waals surface area contributed by atoms with E-state index in [2.05, 4.69) is 11.8 Å². The van der Waals surface area contributed by atoms with Gasteiger partial charge >= 0.3 is 0 Å². The van der Waals surface area contributed by atoms with E-state index in [9.17, 15) is 10.1 Å². The lowest BCUT2D eigenvalue weighted by atomic mass is 9.96. The van der Waals surface area contributed by atoms with Crippen molar-refractivity contribution in [1.82, 2.24) is 4.90 Å². The number of nitrogens with two attached hydrogens (primary N) is 1. The lowest BCUT2D eigenvalue weighted by Gasteiger charge is -2.33. The second kappa shape index (κ2) is 6.81. The molecule has 0 saturated carbocycles. The van der Waals surface area contributed by atoms with Crippen LogP contribution >= 0.6 is 0 Å². The van der Waals surface area contributed by atoms with Crippen LogP contribution in [0.2, 0.25) is 0 Å². The highest BCUT2D eigenvalue weighted by Gasteiger charge is 2.28. The Labute approximate surface area is 119 Å². The number of benzene rings is 1. The number of nitro groups is 1. The maximum absolute atomic E-state index is 10.7. The Morgan fingerprint density at radius 2 is 2.05 bits per heavy atom. The predicted molar refractivity (Wildman–Crippen MR) is 79.5 cm³/mol. The number of non-ortho nitro benzene ring substituents is 1. The number of hydrogen-bond donors (Lipinski definition) is 1.